The molecule has 0 aliphatic carbocycles. The molecule has 0 heterocycles. The molecule has 34 heavy (non-hydrogen) atoms. The molecule has 0 aliphatic heterocycles. The van der Waals surface area contributed by atoms with Gasteiger partial charge >= 0.3 is 0 Å². The topological polar surface area (TPSA) is 0 Å². The van der Waals surface area contributed by atoms with Gasteiger partial charge in [0.25, 0.3) is 0 Å². The quantitative estimate of drug-likeness (QED) is 0.165. The number of hydrogen-bond acceptors (Lipinski definition) is 0. The molecule has 0 heteroatoms. The maximum absolute atomic E-state index is 2.38. The summed E-state index contributed by atoms with van der Waals surface area (Å²) >= 11 is 0. The third-order valence-corrected chi connectivity index (χ3v) is 8.48. The van der Waals surface area contributed by atoms with Gasteiger partial charge in [-0.25, -0.2) is 0 Å². The van der Waals surface area contributed by atoms with E-state index in [4.69, 9.17) is 0 Å². The molecule has 8 aromatic rings. The van der Waals surface area contributed by atoms with Gasteiger partial charge in [0.2, 0.25) is 0 Å². The van der Waals surface area contributed by atoms with E-state index >= 15 is 0 Å². The molecule has 0 aromatic heterocycles. The van der Waals surface area contributed by atoms with Gasteiger partial charge in [-0.1, -0.05) is 72.8 Å². The third-order valence-electron chi connectivity index (χ3n) is 8.48. The lowest BCUT2D eigenvalue weighted by molar-refractivity contribution is 1.48. The van der Waals surface area contributed by atoms with Gasteiger partial charge in [0.15, 0.2) is 0 Å². The molecule has 8 rings (SSSR count). The van der Waals surface area contributed by atoms with E-state index in [1.165, 1.54) is 97.7 Å². The fraction of sp³-hybridized carbons (Fsp3) is 0.118. The van der Waals surface area contributed by atoms with Crippen LogP contribution in [0.2, 0.25) is 0 Å². The molecular weight excluding hydrogens is 408 g/mol. The lowest BCUT2D eigenvalue weighted by Gasteiger charge is -2.21. The fourth-order valence-corrected chi connectivity index (χ4v) is 7.03. The van der Waals surface area contributed by atoms with E-state index in [2.05, 4.69) is 100 Å². The summed E-state index contributed by atoms with van der Waals surface area (Å²) < 4.78 is 0. The first-order valence-electron chi connectivity index (χ1n) is 12.2. The summed E-state index contributed by atoms with van der Waals surface area (Å²) in [6.07, 6.45) is 0. The van der Waals surface area contributed by atoms with Crippen LogP contribution in [0.4, 0.5) is 0 Å². The molecule has 0 fully saturated rings. The Balaban J connectivity index is 1.75. The second kappa shape index (κ2) is 5.96. The van der Waals surface area contributed by atoms with E-state index in [-0.39, 0.29) is 0 Å². The first kappa shape index (κ1) is 18.5. The zero-order valence-corrected chi connectivity index (χ0v) is 19.9. The largest absolute Gasteiger partial charge is 0.0581 e. The predicted octanol–water partition coefficient (Wildman–Crippen LogP) is 9.87. The van der Waals surface area contributed by atoms with Crippen LogP contribution in [-0.4, -0.2) is 0 Å². The molecule has 0 atom stereocenters. The van der Waals surface area contributed by atoms with Gasteiger partial charge < -0.3 is 0 Å². The average molecular weight is 433 g/mol. The van der Waals surface area contributed by atoms with Crippen LogP contribution >= 0.6 is 0 Å². The van der Waals surface area contributed by atoms with Crippen molar-refractivity contribution in [2.45, 2.75) is 27.7 Å². The Hall–Kier alpha value is -3.90. The van der Waals surface area contributed by atoms with Crippen LogP contribution in [0.25, 0.3) is 75.4 Å². The number of rotatable bonds is 0. The average Bonchev–Trinajstić information content (AvgIpc) is 2.84. The Morgan fingerprint density at radius 2 is 0.412 bits per heavy atom. The highest BCUT2D eigenvalue weighted by molar-refractivity contribution is 6.42. The normalized spacial score (nSPS) is 12.7. The summed E-state index contributed by atoms with van der Waals surface area (Å²) in [7, 11) is 0. The third kappa shape index (κ3) is 1.98. The van der Waals surface area contributed by atoms with Crippen LogP contribution in [0, 0.1) is 27.7 Å². The van der Waals surface area contributed by atoms with E-state index < -0.39 is 0 Å². The minimum atomic E-state index is 1.36. The van der Waals surface area contributed by atoms with Crippen LogP contribution in [0.5, 0.6) is 0 Å². The summed E-state index contributed by atoms with van der Waals surface area (Å²) in [6.45, 7) is 8.97. The van der Waals surface area contributed by atoms with Crippen LogP contribution in [0.3, 0.4) is 0 Å². The predicted molar refractivity (Wildman–Crippen MR) is 150 cm³/mol. The summed E-state index contributed by atoms with van der Waals surface area (Å²) in [4.78, 5) is 0. The Morgan fingerprint density at radius 3 is 0.647 bits per heavy atom. The lowest BCUT2D eigenvalue weighted by atomic mass is 9.82. The molecule has 0 amide bonds. The molecule has 0 nitrogen and oxygen atoms in total. The smallest absolute Gasteiger partial charge is 0.00139 e. The maximum atomic E-state index is 2.38. The number of hydrogen-bond donors (Lipinski definition) is 0. The SMILES string of the molecule is Cc1ccc2c3ccc4c5ccc(C)c6c(C)ccc(c7ccc(c8ccc(C)c1c28)c3c47)c65. The summed E-state index contributed by atoms with van der Waals surface area (Å²) in [5, 5.41) is 19.5. The van der Waals surface area contributed by atoms with E-state index in [1.807, 2.05) is 0 Å². The molecule has 8 aromatic carbocycles. The molecule has 0 saturated heterocycles. The van der Waals surface area contributed by atoms with Crippen molar-refractivity contribution >= 4 is 75.4 Å². The minimum Gasteiger partial charge on any atom is -0.0581 e. The first-order chi connectivity index (χ1) is 16.5. The van der Waals surface area contributed by atoms with Gasteiger partial charge in [-0.3, -0.25) is 0 Å². The highest BCUT2D eigenvalue weighted by atomic mass is 14.2. The molecule has 0 spiro atoms. The minimum absolute atomic E-state index is 1.36. The fourth-order valence-electron chi connectivity index (χ4n) is 7.03. The van der Waals surface area contributed by atoms with Gasteiger partial charge in [0.05, 0.1) is 0 Å². The number of benzene rings is 8. The Labute approximate surface area is 198 Å². The van der Waals surface area contributed by atoms with Crippen molar-refractivity contribution in [3.05, 3.63) is 95.1 Å². The molecule has 160 valence electrons. The van der Waals surface area contributed by atoms with Crippen molar-refractivity contribution in [3.8, 4) is 0 Å². The molecule has 0 unspecified atom stereocenters. The van der Waals surface area contributed by atoms with Crippen molar-refractivity contribution in [3.63, 3.8) is 0 Å². The summed E-state index contributed by atoms with van der Waals surface area (Å²) in [5.41, 5.74) is 5.44. The maximum Gasteiger partial charge on any atom is -0.00139 e. The zero-order chi connectivity index (χ0) is 22.9. The second-order valence-corrected chi connectivity index (χ2v) is 10.3. The second-order valence-electron chi connectivity index (χ2n) is 10.3. The van der Waals surface area contributed by atoms with Crippen molar-refractivity contribution in [2.75, 3.05) is 0 Å². The highest BCUT2D eigenvalue weighted by Gasteiger charge is 2.20. The number of aryl methyl sites for hydroxylation is 4. The zero-order valence-electron chi connectivity index (χ0n) is 19.9. The summed E-state index contributed by atoms with van der Waals surface area (Å²) in [6, 6.07) is 28.1. The van der Waals surface area contributed by atoms with Crippen molar-refractivity contribution < 1.29 is 0 Å². The van der Waals surface area contributed by atoms with Crippen LogP contribution in [0.1, 0.15) is 22.3 Å². The molecule has 0 saturated carbocycles. The molecule has 0 radical (unpaired) electrons. The van der Waals surface area contributed by atoms with E-state index in [1.54, 1.807) is 0 Å². The Morgan fingerprint density at radius 1 is 0.235 bits per heavy atom. The van der Waals surface area contributed by atoms with Crippen LogP contribution in [0.15, 0.2) is 72.8 Å². The van der Waals surface area contributed by atoms with Gasteiger partial charge in [-0.05, 0) is 125 Å². The molecule has 0 N–H and O–H groups in total. The standard InChI is InChI=1S/C34H24/c1-17-5-9-21-25-13-15-27-23-11-7-19(3)30-20(4)8-12-24(32(23)30)28-16-14-26(33(25)34(27)28)22-10-6-18(2)29(17)31(21)22/h5-16H,1-4H3. The lowest BCUT2D eigenvalue weighted by Crippen LogP contribution is -1.94. The Bertz CT molecular complexity index is 1840. The number of fused-ring (bicyclic) bond motifs is 4. The molecule has 0 aliphatic rings. The van der Waals surface area contributed by atoms with Gasteiger partial charge in [-0.15, -0.1) is 0 Å². The van der Waals surface area contributed by atoms with Crippen molar-refractivity contribution in [2.24, 2.45) is 0 Å². The monoisotopic (exact) mass is 432 g/mol. The Kier molecular flexibility index (Phi) is 3.25. The van der Waals surface area contributed by atoms with Crippen molar-refractivity contribution in [1.29, 1.82) is 0 Å². The van der Waals surface area contributed by atoms with E-state index in [0.717, 1.165) is 0 Å². The first-order valence-corrected chi connectivity index (χ1v) is 12.2. The van der Waals surface area contributed by atoms with E-state index in [0.29, 0.717) is 0 Å². The van der Waals surface area contributed by atoms with Crippen molar-refractivity contribution in [1.82, 2.24) is 0 Å². The molecular formula is C34H24. The van der Waals surface area contributed by atoms with Gasteiger partial charge in [-0.2, -0.15) is 0 Å². The van der Waals surface area contributed by atoms with Gasteiger partial charge in [0.1, 0.15) is 0 Å². The van der Waals surface area contributed by atoms with Gasteiger partial charge in [0, 0.05) is 0 Å². The van der Waals surface area contributed by atoms with Crippen LogP contribution < -0.4 is 0 Å². The van der Waals surface area contributed by atoms with Crippen LogP contribution in [-0.2, 0) is 0 Å². The summed E-state index contributed by atoms with van der Waals surface area (Å²) in [5.74, 6) is 0. The molecule has 0 bridgehead atoms. The van der Waals surface area contributed by atoms with E-state index in [9.17, 15) is 0 Å². The highest BCUT2D eigenvalue weighted by Crippen LogP contribution is 2.48.